The maximum Gasteiger partial charge on any atom is 0.309 e. The molecule has 0 aromatic carbocycles. The van der Waals surface area contributed by atoms with Crippen LogP contribution in [0.1, 0.15) is 20.3 Å². The summed E-state index contributed by atoms with van der Waals surface area (Å²) in [6.45, 7) is 3.66. The molecular formula is C9H14F2O3. The van der Waals surface area contributed by atoms with Crippen LogP contribution in [0.15, 0.2) is 0 Å². The molecule has 0 radical (unpaired) electrons. The molecule has 0 amide bonds. The fourth-order valence-electron chi connectivity index (χ4n) is 1.64. The first kappa shape index (κ1) is 11.4. The van der Waals surface area contributed by atoms with Gasteiger partial charge >= 0.3 is 5.97 Å². The zero-order chi connectivity index (χ0) is 10.9. The Hall–Kier alpha value is -0.710. The minimum Gasteiger partial charge on any atom is -0.481 e. The number of halogens is 2. The van der Waals surface area contributed by atoms with Crippen molar-refractivity contribution in [2.45, 2.75) is 38.9 Å². The Morgan fingerprint density at radius 3 is 2.36 bits per heavy atom. The van der Waals surface area contributed by atoms with Crippen molar-refractivity contribution in [2.24, 2.45) is 11.8 Å². The Labute approximate surface area is 81.1 Å². The third-order valence-corrected chi connectivity index (χ3v) is 2.52. The van der Waals surface area contributed by atoms with Crippen molar-refractivity contribution in [3.8, 4) is 0 Å². The van der Waals surface area contributed by atoms with Gasteiger partial charge in [-0.15, -0.1) is 0 Å². The summed E-state index contributed by atoms with van der Waals surface area (Å²) in [4.78, 5) is 10.7. The minimum absolute atomic E-state index is 0.0700. The first-order valence-electron chi connectivity index (χ1n) is 4.60. The second-order valence-electron chi connectivity index (χ2n) is 3.90. The van der Waals surface area contributed by atoms with Crippen LogP contribution in [0.25, 0.3) is 0 Å². The van der Waals surface area contributed by atoms with E-state index in [4.69, 9.17) is 9.84 Å². The van der Waals surface area contributed by atoms with Crippen molar-refractivity contribution < 1.29 is 23.4 Å². The average molecular weight is 208 g/mol. The molecule has 0 aliphatic carbocycles. The Balaban J connectivity index is 2.70. The van der Waals surface area contributed by atoms with E-state index < -0.39 is 24.4 Å². The summed E-state index contributed by atoms with van der Waals surface area (Å²) in [6, 6.07) is 0. The molecule has 1 rings (SSSR count). The summed E-state index contributed by atoms with van der Waals surface area (Å²) >= 11 is 0. The lowest BCUT2D eigenvalue weighted by Crippen LogP contribution is -2.30. The zero-order valence-electron chi connectivity index (χ0n) is 8.11. The summed E-state index contributed by atoms with van der Waals surface area (Å²) in [5, 5.41) is 8.72. The Bertz CT molecular complexity index is 218. The van der Waals surface area contributed by atoms with E-state index in [0.717, 1.165) is 0 Å². The molecule has 1 aliphatic rings. The predicted octanol–water partition coefficient (Wildman–Crippen LogP) is 1.77. The Morgan fingerprint density at radius 1 is 1.50 bits per heavy atom. The number of aliphatic carboxylic acids is 1. The molecule has 1 heterocycles. The molecule has 3 atom stereocenters. The predicted molar refractivity (Wildman–Crippen MR) is 45.2 cm³/mol. The van der Waals surface area contributed by atoms with Crippen molar-refractivity contribution in [3.05, 3.63) is 0 Å². The first-order valence-corrected chi connectivity index (χ1v) is 4.60. The van der Waals surface area contributed by atoms with Crippen LogP contribution in [0.4, 0.5) is 8.78 Å². The Morgan fingerprint density at radius 2 is 2.07 bits per heavy atom. The van der Waals surface area contributed by atoms with Gasteiger partial charge < -0.3 is 9.84 Å². The SMILES string of the molecule is CC(C)C1CC(C(=O)O)C(C(F)F)O1. The number of hydrogen-bond donors (Lipinski definition) is 1. The van der Waals surface area contributed by atoms with E-state index in [0.29, 0.717) is 0 Å². The normalized spacial score (nSPS) is 32.9. The van der Waals surface area contributed by atoms with Crippen LogP contribution in [0.5, 0.6) is 0 Å². The fourth-order valence-corrected chi connectivity index (χ4v) is 1.64. The van der Waals surface area contributed by atoms with Crippen LogP contribution in [-0.2, 0) is 9.53 Å². The third-order valence-electron chi connectivity index (χ3n) is 2.52. The molecule has 0 bridgehead atoms. The maximum atomic E-state index is 12.4. The van der Waals surface area contributed by atoms with Crippen LogP contribution in [-0.4, -0.2) is 29.7 Å². The molecule has 0 saturated carbocycles. The lowest BCUT2D eigenvalue weighted by Gasteiger charge is -2.16. The summed E-state index contributed by atoms with van der Waals surface area (Å²) in [6.07, 6.45) is -4.35. The molecule has 5 heteroatoms. The van der Waals surface area contributed by atoms with Gasteiger partial charge in [0.2, 0.25) is 0 Å². The van der Waals surface area contributed by atoms with Gasteiger partial charge in [-0.1, -0.05) is 13.8 Å². The molecule has 0 aromatic rings. The highest BCUT2D eigenvalue weighted by Crippen LogP contribution is 2.33. The fraction of sp³-hybridized carbons (Fsp3) is 0.889. The smallest absolute Gasteiger partial charge is 0.309 e. The third kappa shape index (κ3) is 2.20. The van der Waals surface area contributed by atoms with Crippen molar-refractivity contribution >= 4 is 5.97 Å². The minimum atomic E-state index is -2.72. The largest absolute Gasteiger partial charge is 0.481 e. The monoisotopic (exact) mass is 208 g/mol. The molecule has 3 unspecified atom stereocenters. The molecule has 14 heavy (non-hydrogen) atoms. The van der Waals surface area contributed by atoms with Crippen molar-refractivity contribution in [1.82, 2.24) is 0 Å². The van der Waals surface area contributed by atoms with Crippen molar-refractivity contribution in [3.63, 3.8) is 0 Å². The number of ether oxygens (including phenoxy) is 1. The van der Waals surface area contributed by atoms with E-state index in [1.165, 1.54) is 0 Å². The lowest BCUT2D eigenvalue weighted by atomic mass is 9.95. The van der Waals surface area contributed by atoms with Gasteiger partial charge in [0.1, 0.15) is 6.10 Å². The summed E-state index contributed by atoms with van der Waals surface area (Å²) in [5.41, 5.74) is 0. The highest BCUT2D eigenvalue weighted by Gasteiger charge is 2.45. The van der Waals surface area contributed by atoms with Gasteiger partial charge in [0.15, 0.2) is 0 Å². The Kier molecular flexibility index (Phi) is 3.42. The molecule has 82 valence electrons. The molecule has 0 spiro atoms. The standard InChI is InChI=1S/C9H14F2O3/c1-4(2)6-3-5(9(12)13)7(14-6)8(10)11/h4-8H,3H2,1-2H3,(H,12,13). The van der Waals surface area contributed by atoms with E-state index in [1.54, 1.807) is 0 Å². The lowest BCUT2D eigenvalue weighted by molar-refractivity contribution is -0.148. The number of carbonyl (C=O) groups is 1. The average Bonchev–Trinajstić information content (AvgIpc) is 2.47. The number of alkyl halides is 2. The zero-order valence-corrected chi connectivity index (χ0v) is 8.11. The van der Waals surface area contributed by atoms with E-state index in [2.05, 4.69) is 0 Å². The first-order chi connectivity index (χ1) is 6.43. The summed E-state index contributed by atoms with van der Waals surface area (Å²) in [5.74, 6) is -2.19. The molecule has 3 nitrogen and oxygen atoms in total. The second kappa shape index (κ2) is 4.21. The van der Waals surface area contributed by atoms with E-state index in [1.807, 2.05) is 13.8 Å². The van der Waals surface area contributed by atoms with E-state index in [9.17, 15) is 13.6 Å². The quantitative estimate of drug-likeness (QED) is 0.768. The van der Waals surface area contributed by atoms with Gasteiger partial charge in [0.05, 0.1) is 12.0 Å². The van der Waals surface area contributed by atoms with E-state index >= 15 is 0 Å². The van der Waals surface area contributed by atoms with Gasteiger partial charge in [-0.2, -0.15) is 0 Å². The van der Waals surface area contributed by atoms with E-state index in [-0.39, 0.29) is 18.4 Å². The molecule has 1 saturated heterocycles. The van der Waals surface area contributed by atoms with Crippen LogP contribution < -0.4 is 0 Å². The van der Waals surface area contributed by atoms with Crippen LogP contribution in [0.3, 0.4) is 0 Å². The second-order valence-corrected chi connectivity index (χ2v) is 3.90. The number of rotatable bonds is 3. The molecule has 0 aromatic heterocycles. The number of carboxylic acid groups (broad SMARTS) is 1. The summed E-state index contributed by atoms with van der Waals surface area (Å²) in [7, 11) is 0. The highest BCUT2D eigenvalue weighted by atomic mass is 19.3. The van der Waals surface area contributed by atoms with Gasteiger partial charge in [0, 0.05) is 0 Å². The molecule has 1 N–H and O–H groups in total. The number of carboxylic acids is 1. The molecule has 1 fully saturated rings. The van der Waals surface area contributed by atoms with Crippen LogP contribution >= 0.6 is 0 Å². The van der Waals surface area contributed by atoms with Crippen LogP contribution in [0.2, 0.25) is 0 Å². The van der Waals surface area contributed by atoms with Crippen LogP contribution in [0, 0.1) is 11.8 Å². The molecule has 1 aliphatic heterocycles. The number of hydrogen-bond acceptors (Lipinski definition) is 2. The van der Waals surface area contributed by atoms with Crippen molar-refractivity contribution in [1.29, 1.82) is 0 Å². The van der Waals surface area contributed by atoms with Gasteiger partial charge in [-0.3, -0.25) is 4.79 Å². The van der Waals surface area contributed by atoms with Gasteiger partial charge in [0.25, 0.3) is 6.43 Å². The van der Waals surface area contributed by atoms with Gasteiger partial charge in [-0.25, -0.2) is 8.78 Å². The highest BCUT2D eigenvalue weighted by molar-refractivity contribution is 5.71. The van der Waals surface area contributed by atoms with Gasteiger partial charge in [-0.05, 0) is 12.3 Å². The summed E-state index contributed by atoms with van der Waals surface area (Å²) < 4.78 is 29.8. The maximum absolute atomic E-state index is 12.4. The molecular weight excluding hydrogens is 194 g/mol. The van der Waals surface area contributed by atoms with Crippen molar-refractivity contribution in [2.75, 3.05) is 0 Å². The topological polar surface area (TPSA) is 46.5 Å².